The number of carboxylic acids is 2. The molecule has 17 heteroatoms. The summed E-state index contributed by atoms with van der Waals surface area (Å²) in [6.07, 6.45) is 1.42. The minimum absolute atomic E-state index is 0.140. The Morgan fingerprint density at radius 1 is 0.878 bits per heavy atom. The number of amides is 3. The molecule has 0 aromatic heterocycles. The fourth-order valence-corrected chi connectivity index (χ4v) is 4.57. The number of carbonyl (C=O) groups excluding carboxylic acids is 4. The monoisotopic (exact) mass is 695 g/mol. The van der Waals surface area contributed by atoms with Gasteiger partial charge in [0.2, 0.25) is 11.8 Å². The number of aliphatic hydroxyl groups excluding tert-OH is 1. The van der Waals surface area contributed by atoms with E-state index in [2.05, 4.69) is 21.3 Å². The molecule has 0 aliphatic carbocycles. The topological polar surface area (TPSA) is 276 Å². The van der Waals surface area contributed by atoms with Crippen molar-refractivity contribution < 1.29 is 48.8 Å². The predicted octanol–water partition coefficient (Wildman–Crippen LogP) is -1.03. The zero-order valence-electron chi connectivity index (χ0n) is 28.3. The standard InChI is InChI=1S/C32H53N7O10/c1-21(2)29(31(47)38-25(8-3-5-13-33)30(46)37-23-11-9-22(20-40)10-12-23)49-32(48)24(34)7-4-6-14-36-26(41)18-39(19-28(44)45)16-15-35-17-27(42)43/h9-12,21,24-25,29,35,40H,3-8,13-20,33-34H2,1-2H3,(H,36,41)(H,37,46)(H,38,47)(H,42,43)(H,44,45)/t24-,25-,29-/m0/s1. The number of aliphatic carboxylic acids is 2. The smallest absolute Gasteiger partial charge is 0.323 e. The van der Waals surface area contributed by atoms with Gasteiger partial charge in [0.25, 0.3) is 5.91 Å². The Labute approximate surface area is 286 Å². The number of nitrogens with zero attached hydrogens (tertiary/aromatic N) is 1. The van der Waals surface area contributed by atoms with Gasteiger partial charge in [0, 0.05) is 25.3 Å². The van der Waals surface area contributed by atoms with Crippen LogP contribution in [-0.2, 0) is 40.1 Å². The fraction of sp³-hybridized carbons (Fsp3) is 0.625. The second kappa shape index (κ2) is 24.0. The number of benzene rings is 1. The molecular formula is C32H53N7O10. The number of unbranched alkanes of at least 4 members (excludes halogenated alkanes) is 2. The molecule has 0 unspecified atom stereocenters. The summed E-state index contributed by atoms with van der Waals surface area (Å²) >= 11 is 0. The molecule has 276 valence electrons. The van der Waals surface area contributed by atoms with Gasteiger partial charge in [-0.25, -0.2) is 0 Å². The first-order chi connectivity index (χ1) is 23.3. The third-order valence-electron chi connectivity index (χ3n) is 7.26. The van der Waals surface area contributed by atoms with Crippen molar-refractivity contribution in [2.75, 3.05) is 51.1 Å². The molecule has 0 saturated carbocycles. The van der Waals surface area contributed by atoms with E-state index in [1.165, 1.54) is 4.90 Å². The van der Waals surface area contributed by atoms with Crippen LogP contribution in [0.2, 0.25) is 0 Å². The van der Waals surface area contributed by atoms with Gasteiger partial charge in [0.15, 0.2) is 6.10 Å². The Morgan fingerprint density at radius 3 is 2.14 bits per heavy atom. The molecular weight excluding hydrogens is 642 g/mol. The van der Waals surface area contributed by atoms with Crippen molar-refractivity contribution in [3.63, 3.8) is 0 Å². The number of carboxylic acid groups (broad SMARTS) is 2. The highest BCUT2D eigenvalue weighted by atomic mass is 16.5. The first-order valence-corrected chi connectivity index (χ1v) is 16.4. The summed E-state index contributed by atoms with van der Waals surface area (Å²) in [7, 11) is 0. The van der Waals surface area contributed by atoms with E-state index in [0.717, 1.165) is 0 Å². The van der Waals surface area contributed by atoms with E-state index in [9.17, 15) is 33.9 Å². The number of rotatable bonds is 26. The molecule has 0 aliphatic heterocycles. The molecule has 1 aromatic carbocycles. The summed E-state index contributed by atoms with van der Waals surface area (Å²) in [5, 5.41) is 37.8. The average molecular weight is 696 g/mol. The molecule has 3 atom stereocenters. The molecule has 0 bridgehead atoms. The minimum Gasteiger partial charge on any atom is -0.480 e. The van der Waals surface area contributed by atoms with Crippen molar-refractivity contribution in [3.8, 4) is 0 Å². The Kier molecular flexibility index (Phi) is 21.0. The van der Waals surface area contributed by atoms with Gasteiger partial charge in [-0.1, -0.05) is 26.0 Å². The lowest BCUT2D eigenvalue weighted by Gasteiger charge is -2.25. The summed E-state index contributed by atoms with van der Waals surface area (Å²) in [5.41, 5.74) is 12.8. The number of hydrogen-bond donors (Lipinski definition) is 9. The number of nitrogens with one attached hydrogen (secondary N) is 4. The normalized spacial score (nSPS) is 13.0. The highest BCUT2D eigenvalue weighted by molar-refractivity contribution is 5.98. The highest BCUT2D eigenvalue weighted by Gasteiger charge is 2.31. The van der Waals surface area contributed by atoms with Crippen molar-refractivity contribution in [2.24, 2.45) is 17.4 Å². The van der Waals surface area contributed by atoms with E-state index < -0.39 is 66.3 Å². The molecule has 1 rings (SSSR count). The number of aliphatic hydroxyl groups is 1. The van der Waals surface area contributed by atoms with Gasteiger partial charge in [0.1, 0.15) is 12.1 Å². The molecule has 3 amide bonds. The maximum absolute atomic E-state index is 13.3. The summed E-state index contributed by atoms with van der Waals surface area (Å²) in [4.78, 5) is 74.5. The lowest BCUT2D eigenvalue weighted by atomic mass is 10.0. The number of hydrogen-bond acceptors (Lipinski definition) is 12. The lowest BCUT2D eigenvalue weighted by Crippen LogP contribution is -2.51. The molecule has 1 aromatic rings. The van der Waals surface area contributed by atoms with Crippen LogP contribution in [0.1, 0.15) is 57.9 Å². The quantitative estimate of drug-likeness (QED) is 0.0414. The molecule has 49 heavy (non-hydrogen) atoms. The molecule has 0 fully saturated rings. The van der Waals surface area contributed by atoms with Crippen molar-refractivity contribution >= 4 is 41.3 Å². The van der Waals surface area contributed by atoms with Crippen molar-refractivity contribution in [1.29, 1.82) is 0 Å². The van der Waals surface area contributed by atoms with E-state index in [0.29, 0.717) is 49.9 Å². The third-order valence-corrected chi connectivity index (χ3v) is 7.26. The zero-order valence-corrected chi connectivity index (χ0v) is 28.3. The number of anilines is 1. The number of carbonyl (C=O) groups is 6. The molecule has 11 N–H and O–H groups in total. The van der Waals surface area contributed by atoms with E-state index in [1.54, 1.807) is 38.1 Å². The van der Waals surface area contributed by atoms with Crippen LogP contribution in [0.3, 0.4) is 0 Å². The summed E-state index contributed by atoms with van der Waals surface area (Å²) in [6, 6.07) is 4.64. The first kappa shape index (κ1) is 42.9. The van der Waals surface area contributed by atoms with Crippen LogP contribution in [0.15, 0.2) is 24.3 Å². The zero-order chi connectivity index (χ0) is 36.8. The van der Waals surface area contributed by atoms with E-state index in [1.807, 2.05) is 0 Å². The summed E-state index contributed by atoms with van der Waals surface area (Å²) in [6.45, 7) is 3.39. The number of nitrogens with two attached hydrogens (primary N) is 2. The Hall–Kier alpha value is -4.16. The SMILES string of the molecule is CC(C)[C@H](OC(=O)[C@@H](N)CCCCNC(=O)CN(CCNCC(=O)O)CC(=O)O)C(=O)N[C@@H](CCCCN)C(=O)Nc1ccc(CO)cc1. The van der Waals surface area contributed by atoms with Crippen LogP contribution in [-0.4, -0.2) is 120 Å². The highest BCUT2D eigenvalue weighted by Crippen LogP contribution is 2.14. The summed E-state index contributed by atoms with van der Waals surface area (Å²) in [5.74, 6) is -4.91. The average Bonchev–Trinajstić information content (AvgIpc) is 3.04. The van der Waals surface area contributed by atoms with Crippen LogP contribution in [0.25, 0.3) is 0 Å². The van der Waals surface area contributed by atoms with Gasteiger partial charge < -0.3 is 52.8 Å². The van der Waals surface area contributed by atoms with Crippen LogP contribution >= 0.6 is 0 Å². The second-order valence-corrected chi connectivity index (χ2v) is 11.9. The van der Waals surface area contributed by atoms with Gasteiger partial charge in [0.05, 0.1) is 26.2 Å². The van der Waals surface area contributed by atoms with Gasteiger partial charge in [-0.05, 0) is 68.7 Å². The lowest BCUT2D eigenvalue weighted by molar-refractivity contribution is -0.160. The van der Waals surface area contributed by atoms with Gasteiger partial charge in [-0.2, -0.15) is 0 Å². The van der Waals surface area contributed by atoms with Crippen LogP contribution in [0.5, 0.6) is 0 Å². The third kappa shape index (κ3) is 18.8. The number of ether oxygens (including phenoxy) is 1. The van der Waals surface area contributed by atoms with Crippen LogP contribution < -0.4 is 32.7 Å². The van der Waals surface area contributed by atoms with Crippen LogP contribution in [0.4, 0.5) is 5.69 Å². The molecule has 17 nitrogen and oxygen atoms in total. The molecule has 0 radical (unpaired) electrons. The number of esters is 1. The first-order valence-electron chi connectivity index (χ1n) is 16.4. The van der Waals surface area contributed by atoms with Crippen molar-refractivity contribution in [3.05, 3.63) is 29.8 Å². The second-order valence-electron chi connectivity index (χ2n) is 11.9. The van der Waals surface area contributed by atoms with E-state index in [-0.39, 0.29) is 45.8 Å². The Morgan fingerprint density at radius 2 is 1.55 bits per heavy atom. The molecule has 0 aliphatic rings. The van der Waals surface area contributed by atoms with Gasteiger partial charge >= 0.3 is 17.9 Å². The largest absolute Gasteiger partial charge is 0.480 e. The van der Waals surface area contributed by atoms with Crippen molar-refractivity contribution in [2.45, 2.75) is 77.2 Å². The fourth-order valence-electron chi connectivity index (χ4n) is 4.57. The van der Waals surface area contributed by atoms with E-state index >= 15 is 0 Å². The minimum atomic E-state index is -1.21. The predicted molar refractivity (Wildman–Crippen MR) is 180 cm³/mol. The van der Waals surface area contributed by atoms with Crippen LogP contribution in [0, 0.1) is 5.92 Å². The maximum Gasteiger partial charge on any atom is 0.323 e. The Bertz CT molecular complexity index is 1200. The van der Waals surface area contributed by atoms with Crippen molar-refractivity contribution in [1.82, 2.24) is 20.9 Å². The molecule has 0 saturated heterocycles. The van der Waals surface area contributed by atoms with Gasteiger partial charge in [-0.3, -0.25) is 33.7 Å². The van der Waals surface area contributed by atoms with E-state index in [4.69, 9.17) is 26.4 Å². The summed E-state index contributed by atoms with van der Waals surface area (Å²) < 4.78 is 5.50. The Balaban J connectivity index is 2.61. The van der Waals surface area contributed by atoms with Gasteiger partial charge in [-0.15, -0.1) is 0 Å². The molecule has 0 heterocycles. The molecule has 0 spiro atoms. The maximum atomic E-state index is 13.3.